The fraction of sp³-hybridized carbons (Fsp3) is 0.143. The van der Waals surface area contributed by atoms with Crippen LogP contribution in [0.5, 0.6) is 5.75 Å². The molecular weight excluding hydrogens is 347 g/mol. The fourth-order valence-corrected chi connectivity index (χ4v) is 3.04. The molecule has 5 nitrogen and oxygen atoms in total. The van der Waals surface area contributed by atoms with Crippen molar-refractivity contribution in [2.45, 2.75) is 6.92 Å². The molecule has 0 atom stereocenters. The molecule has 1 aromatic heterocycles. The van der Waals surface area contributed by atoms with Crippen LogP contribution >= 0.6 is 34.5 Å². The van der Waals surface area contributed by atoms with Crippen molar-refractivity contribution >= 4 is 46.4 Å². The molecule has 0 saturated carbocycles. The number of amides is 2. The molecule has 0 radical (unpaired) electrons. The molecule has 22 heavy (non-hydrogen) atoms. The van der Waals surface area contributed by atoms with Gasteiger partial charge >= 0.3 is 0 Å². The van der Waals surface area contributed by atoms with Crippen molar-refractivity contribution in [3.8, 4) is 5.75 Å². The SMILES string of the molecule is Cc1cccc(OCC(=O)NNC(=O)c2cc(Cl)sc2Cl)c1. The summed E-state index contributed by atoms with van der Waals surface area (Å²) in [6.07, 6.45) is 0. The molecule has 2 amide bonds. The van der Waals surface area contributed by atoms with E-state index in [1.165, 1.54) is 6.07 Å². The van der Waals surface area contributed by atoms with E-state index >= 15 is 0 Å². The number of hydrazine groups is 1. The van der Waals surface area contributed by atoms with Crippen molar-refractivity contribution < 1.29 is 14.3 Å². The lowest BCUT2D eigenvalue weighted by Gasteiger charge is -2.08. The van der Waals surface area contributed by atoms with Crippen molar-refractivity contribution in [2.75, 3.05) is 6.61 Å². The molecule has 8 heteroatoms. The maximum Gasteiger partial charge on any atom is 0.276 e. The molecule has 2 rings (SSSR count). The molecule has 0 unspecified atom stereocenters. The highest BCUT2D eigenvalue weighted by Gasteiger charge is 2.14. The second-order valence-corrected chi connectivity index (χ2v) is 6.63. The lowest BCUT2D eigenvalue weighted by atomic mass is 10.2. The third-order valence-electron chi connectivity index (χ3n) is 2.58. The summed E-state index contributed by atoms with van der Waals surface area (Å²) in [4.78, 5) is 23.4. The van der Waals surface area contributed by atoms with E-state index < -0.39 is 11.8 Å². The molecule has 0 spiro atoms. The summed E-state index contributed by atoms with van der Waals surface area (Å²) in [6.45, 7) is 1.70. The van der Waals surface area contributed by atoms with Crippen molar-refractivity contribution in [1.82, 2.24) is 10.9 Å². The zero-order chi connectivity index (χ0) is 16.1. The van der Waals surface area contributed by atoms with Gasteiger partial charge in [-0.25, -0.2) is 0 Å². The molecular formula is C14H12Cl2N2O3S. The molecule has 0 aliphatic heterocycles. The van der Waals surface area contributed by atoms with Gasteiger partial charge in [-0.1, -0.05) is 35.3 Å². The van der Waals surface area contributed by atoms with Crippen molar-refractivity contribution in [2.24, 2.45) is 0 Å². The monoisotopic (exact) mass is 358 g/mol. The number of thiophene rings is 1. The number of nitrogens with one attached hydrogen (secondary N) is 2. The second-order valence-electron chi connectivity index (χ2n) is 4.35. The van der Waals surface area contributed by atoms with Crippen LogP contribution in [0.15, 0.2) is 30.3 Å². The number of carbonyl (C=O) groups excluding carboxylic acids is 2. The third kappa shape index (κ3) is 4.62. The van der Waals surface area contributed by atoms with Gasteiger partial charge < -0.3 is 4.74 Å². The summed E-state index contributed by atoms with van der Waals surface area (Å²) in [5, 5.41) is 0. The van der Waals surface area contributed by atoms with Crippen LogP contribution in [-0.4, -0.2) is 18.4 Å². The number of aryl methyl sites for hydroxylation is 1. The number of halogens is 2. The quantitative estimate of drug-likeness (QED) is 0.824. The van der Waals surface area contributed by atoms with Crippen LogP contribution in [0.4, 0.5) is 0 Å². The van der Waals surface area contributed by atoms with E-state index in [4.69, 9.17) is 27.9 Å². The standard InChI is InChI=1S/C14H12Cl2N2O3S/c1-8-3-2-4-9(5-8)21-7-12(19)17-18-14(20)10-6-11(15)22-13(10)16/h2-6H,7H2,1H3,(H,17,19)(H,18,20). The molecule has 1 aromatic carbocycles. The molecule has 0 aliphatic rings. The highest BCUT2D eigenvalue weighted by Crippen LogP contribution is 2.30. The van der Waals surface area contributed by atoms with Gasteiger partial charge in [-0.2, -0.15) is 0 Å². The highest BCUT2D eigenvalue weighted by molar-refractivity contribution is 7.20. The van der Waals surface area contributed by atoms with E-state index in [2.05, 4.69) is 10.9 Å². The number of benzene rings is 1. The molecule has 0 saturated heterocycles. The Labute approximate surface area is 141 Å². The van der Waals surface area contributed by atoms with Gasteiger partial charge in [0.1, 0.15) is 10.1 Å². The van der Waals surface area contributed by atoms with E-state index in [9.17, 15) is 9.59 Å². The van der Waals surface area contributed by atoms with Gasteiger partial charge in [-0.15, -0.1) is 11.3 Å². The first-order valence-electron chi connectivity index (χ1n) is 6.19. The van der Waals surface area contributed by atoms with Crippen LogP contribution in [0.1, 0.15) is 15.9 Å². The number of rotatable bonds is 4. The van der Waals surface area contributed by atoms with Crippen LogP contribution in [0.25, 0.3) is 0 Å². The number of hydrogen-bond donors (Lipinski definition) is 2. The Morgan fingerprint density at radius 1 is 1.23 bits per heavy atom. The number of hydrogen-bond acceptors (Lipinski definition) is 4. The summed E-state index contributed by atoms with van der Waals surface area (Å²) in [7, 11) is 0. The lowest BCUT2D eigenvalue weighted by molar-refractivity contribution is -0.123. The first-order valence-corrected chi connectivity index (χ1v) is 7.76. The van der Waals surface area contributed by atoms with Gasteiger partial charge in [0.2, 0.25) is 0 Å². The maximum absolute atomic E-state index is 11.8. The van der Waals surface area contributed by atoms with Crippen LogP contribution in [0, 0.1) is 6.92 Å². The highest BCUT2D eigenvalue weighted by atomic mass is 35.5. The lowest BCUT2D eigenvalue weighted by Crippen LogP contribution is -2.43. The Kier molecular flexibility index (Phi) is 5.65. The Morgan fingerprint density at radius 3 is 2.64 bits per heavy atom. The molecule has 0 bridgehead atoms. The summed E-state index contributed by atoms with van der Waals surface area (Å²) < 4.78 is 5.96. The van der Waals surface area contributed by atoms with Crippen molar-refractivity contribution in [1.29, 1.82) is 0 Å². The Balaban J connectivity index is 1.80. The van der Waals surface area contributed by atoms with E-state index in [-0.39, 0.29) is 16.5 Å². The van der Waals surface area contributed by atoms with Crippen molar-refractivity contribution in [3.63, 3.8) is 0 Å². The van der Waals surface area contributed by atoms with E-state index in [0.29, 0.717) is 10.1 Å². The smallest absolute Gasteiger partial charge is 0.276 e. The summed E-state index contributed by atoms with van der Waals surface area (Å²) >= 11 is 12.7. The molecule has 1 heterocycles. The number of carbonyl (C=O) groups is 2. The topological polar surface area (TPSA) is 67.4 Å². The third-order valence-corrected chi connectivity index (χ3v) is 4.06. The van der Waals surface area contributed by atoms with Gasteiger partial charge in [0.15, 0.2) is 6.61 Å². The minimum atomic E-state index is -0.544. The summed E-state index contributed by atoms with van der Waals surface area (Å²) in [6, 6.07) is 8.72. The van der Waals surface area contributed by atoms with E-state index in [1.54, 1.807) is 12.1 Å². The Hall–Kier alpha value is -1.76. The van der Waals surface area contributed by atoms with Crippen molar-refractivity contribution in [3.05, 3.63) is 50.1 Å². The number of ether oxygens (including phenoxy) is 1. The summed E-state index contributed by atoms with van der Waals surface area (Å²) in [5.74, 6) is -0.460. The average Bonchev–Trinajstić information content (AvgIpc) is 2.81. The van der Waals surface area contributed by atoms with Crippen LogP contribution in [0.2, 0.25) is 8.67 Å². The minimum Gasteiger partial charge on any atom is -0.484 e. The largest absolute Gasteiger partial charge is 0.484 e. The van der Waals surface area contributed by atoms with Gasteiger partial charge in [-0.3, -0.25) is 20.4 Å². The van der Waals surface area contributed by atoms with Crippen LogP contribution in [-0.2, 0) is 4.79 Å². The van der Waals surface area contributed by atoms with E-state index in [0.717, 1.165) is 16.9 Å². The van der Waals surface area contributed by atoms with Gasteiger partial charge in [-0.05, 0) is 30.7 Å². The molecule has 0 aliphatic carbocycles. The fourth-order valence-electron chi connectivity index (χ4n) is 1.58. The molecule has 0 fully saturated rings. The van der Waals surface area contributed by atoms with E-state index in [1.807, 2.05) is 19.1 Å². The Morgan fingerprint density at radius 2 is 2.00 bits per heavy atom. The first kappa shape index (κ1) is 16.6. The maximum atomic E-state index is 11.8. The van der Waals surface area contributed by atoms with Gasteiger partial charge in [0.05, 0.1) is 9.90 Å². The first-order chi connectivity index (χ1) is 10.5. The van der Waals surface area contributed by atoms with Crippen LogP contribution in [0.3, 0.4) is 0 Å². The Bertz CT molecular complexity index is 703. The summed E-state index contributed by atoms with van der Waals surface area (Å²) in [5.41, 5.74) is 5.72. The predicted molar refractivity (Wildman–Crippen MR) is 86.6 cm³/mol. The zero-order valence-corrected chi connectivity index (χ0v) is 13.8. The average molecular weight is 359 g/mol. The second kappa shape index (κ2) is 7.49. The minimum absolute atomic E-state index is 0.205. The normalized spacial score (nSPS) is 10.1. The van der Waals surface area contributed by atoms with Gasteiger partial charge in [0.25, 0.3) is 11.8 Å². The molecule has 116 valence electrons. The predicted octanol–water partition coefficient (Wildman–Crippen LogP) is 3.20. The van der Waals surface area contributed by atoms with Crippen LogP contribution < -0.4 is 15.6 Å². The molecule has 2 aromatic rings. The van der Waals surface area contributed by atoms with Gasteiger partial charge in [0, 0.05) is 0 Å². The zero-order valence-electron chi connectivity index (χ0n) is 11.5. The molecule has 2 N–H and O–H groups in total.